The highest BCUT2D eigenvalue weighted by Gasteiger charge is 2.18. The number of pyridine rings is 2. The Morgan fingerprint density at radius 3 is 2.41 bits per heavy atom. The molecule has 0 amide bonds. The zero-order valence-corrected chi connectivity index (χ0v) is 18.4. The maximum Gasteiger partial charge on any atom is 0.193 e. The summed E-state index contributed by atoms with van der Waals surface area (Å²) in [5, 5.41) is 0. The van der Waals surface area contributed by atoms with Gasteiger partial charge in [-0.25, -0.2) is 0 Å². The van der Waals surface area contributed by atoms with Gasteiger partial charge in [0.1, 0.15) is 5.69 Å². The fourth-order valence-electron chi connectivity index (χ4n) is 3.95. The molecule has 5 rings (SSSR count). The summed E-state index contributed by atoms with van der Waals surface area (Å²) in [6.45, 7) is 0.539. The standard InChI is InChI=1S/C29H21N3O2/c33-28(27-9-2-4-15-31-27)17-20-6-5-7-21(16-20)29(34)22-10-12-25-23(18-22)19-32-26(25)13-11-24-8-1-3-14-30-24/h1-16,18H,17,19H2/b13-11+. The topological polar surface area (TPSA) is 72.3 Å². The van der Waals surface area contributed by atoms with E-state index in [4.69, 9.17) is 0 Å². The summed E-state index contributed by atoms with van der Waals surface area (Å²) >= 11 is 0. The molecule has 0 aliphatic carbocycles. The number of rotatable bonds is 7. The summed E-state index contributed by atoms with van der Waals surface area (Å²) in [6, 6.07) is 24.0. The van der Waals surface area contributed by atoms with Gasteiger partial charge in [-0.3, -0.25) is 24.5 Å². The molecule has 0 spiro atoms. The van der Waals surface area contributed by atoms with Crippen molar-refractivity contribution in [1.82, 2.24) is 9.97 Å². The summed E-state index contributed by atoms with van der Waals surface area (Å²) in [4.78, 5) is 38.7. The van der Waals surface area contributed by atoms with Crippen molar-refractivity contribution in [2.75, 3.05) is 0 Å². The monoisotopic (exact) mass is 443 g/mol. The quantitative estimate of drug-likeness (QED) is 0.370. The van der Waals surface area contributed by atoms with E-state index in [1.54, 1.807) is 42.7 Å². The lowest BCUT2D eigenvalue weighted by Gasteiger charge is -2.07. The van der Waals surface area contributed by atoms with Crippen LogP contribution in [0.3, 0.4) is 0 Å². The van der Waals surface area contributed by atoms with E-state index < -0.39 is 0 Å². The number of hydrogen-bond donors (Lipinski definition) is 0. The highest BCUT2D eigenvalue weighted by molar-refractivity contribution is 6.14. The van der Waals surface area contributed by atoms with Gasteiger partial charge < -0.3 is 0 Å². The largest absolute Gasteiger partial charge is 0.292 e. The Labute approximate surface area is 197 Å². The third-order valence-electron chi connectivity index (χ3n) is 5.67. The Kier molecular flexibility index (Phi) is 5.99. The van der Waals surface area contributed by atoms with Crippen molar-refractivity contribution in [1.29, 1.82) is 0 Å². The molecular weight excluding hydrogens is 422 g/mol. The van der Waals surface area contributed by atoms with Crippen molar-refractivity contribution in [3.05, 3.63) is 137 Å². The lowest BCUT2D eigenvalue weighted by atomic mass is 9.95. The van der Waals surface area contributed by atoms with Crippen LogP contribution in [0.25, 0.3) is 6.08 Å². The van der Waals surface area contributed by atoms with Crippen LogP contribution in [0.1, 0.15) is 48.8 Å². The van der Waals surface area contributed by atoms with Gasteiger partial charge in [0.25, 0.3) is 0 Å². The highest BCUT2D eigenvalue weighted by atomic mass is 16.1. The van der Waals surface area contributed by atoms with Gasteiger partial charge in [-0.2, -0.15) is 0 Å². The molecule has 2 aromatic carbocycles. The number of fused-ring (bicyclic) bond motifs is 1. The van der Waals surface area contributed by atoms with Crippen LogP contribution in [0.5, 0.6) is 0 Å². The van der Waals surface area contributed by atoms with E-state index in [1.807, 2.05) is 60.7 Å². The molecule has 5 nitrogen and oxygen atoms in total. The number of nitrogens with zero attached hydrogens (tertiary/aromatic N) is 3. The second kappa shape index (κ2) is 9.55. The van der Waals surface area contributed by atoms with E-state index in [1.165, 1.54) is 0 Å². The van der Waals surface area contributed by atoms with E-state index in [0.717, 1.165) is 28.1 Å². The van der Waals surface area contributed by atoms with Crippen LogP contribution in [0.4, 0.5) is 0 Å². The molecule has 4 aromatic rings. The Morgan fingerprint density at radius 1 is 0.794 bits per heavy atom. The number of ketones is 2. The summed E-state index contributed by atoms with van der Waals surface area (Å²) < 4.78 is 0. The van der Waals surface area contributed by atoms with E-state index in [2.05, 4.69) is 15.0 Å². The first-order chi connectivity index (χ1) is 16.7. The molecule has 164 valence electrons. The first kappa shape index (κ1) is 21.3. The van der Waals surface area contributed by atoms with Crippen molar-refractivity contribution < 1.29 is 9.59 Å². The van der Waals surface area contributed by atoms with Crippen LogP contribution < -0.4 is 0 Å². The maximum atomic E-state index is 13.2. The molecule has 0 radical (unpaired) electrons. The molecule has 34 heavy (non-hydrogen) atoms. The minimum Gasteiger partial charge on any atom is -0.292 e. The van der Waals surface area contributed by atoms with Crippen molar-refractivity contribution >= 4 is 23.4 Å². The minimum absolute atomic E-state index is 0.0765. The smallest absolute Gasteiger partial charge is 0.193 e. The number of carbonyl (C=O) groups excluding carboxylic acids is 2. The van der Waals surface area contributed by atoms with Crippen LogP contribution in [-0.2, 0) is 13.0 Å². The Morgan fingerprint density at radius 2 is 1.62 bits per heavy atom. The van der Waals surface area contributed by atoms with Gasteiger partial charge in [-0.15, -0.1) is 0 Å². The maximum absolute atomic E-state index is 13.2. The number of aromatic nitrogens is 2. The molecule has 0 bridgehead atoms. The molecule has 3 heterocycles. The second-order valence-electron chi connectivity index (χ2n) is 8.01. The molecule has 5 heteroatoms. The normalized spacial score (nSPS) is 12.4. The van der Waals surface area contributed by atoms with Gasteiger partial charge in [-0.1, -0.05) is 42.5 Å². The molecular formula is C29H21N3O2. The zero-order valence-electron chi connectivity index (χ0n) is 18.4. The summed E-state index contributed by atoms with van der Waals surface area (Å²) in [5.41, 5.74) is 6.17. The van der Waals surface area contributed by atoms with Crippen LogP contribution in [-0.4, -0.2) is 27.2 Å². The van der Waals surface area contributed by atoms with E-state index in [-0.39, 0.29) is 18.0 Å². The zero-order chi connectivity index (χ0) is 23.3. The summed E-state index contributed by atoms with van der Waals surface area (Å²) in [7, 11) is 0. The van der Waals surface area contributed by atoms with Gasteiger partial charge >= 0.3 is 0 Å². The predicted molar refractivity (Wildman–Crippen MR) is 132 cm³/mol. The van der Waals surface area contributed by atoms with Crippen LogP contribution in [0.15, 0.2) is 102 Å². The fourth-order valence-corrected chi connectivity index (χ4v) is 3.95. The van der Waals surface area contributed by atoms with Crippen LogP contribution in [0.2, 0.25) is 0 Å². The van der Waals surface area contributed by atoms with E-state index in [0.29, 0.717) is 23.4 Å². The van der Waals surface area contributed by atoms with E-state index in [9.17, 15) is 9.59 Å². The number of hydrogen-bond acceptors (Lipinski definition) is 5. The molecule has 0 atom stereocenters. The molecule has 0 fully saturated rings. The van der Waals surface area contributed by atoms with E-state index >= 15 is 0 Å². The SMILES string of the molecule is O=C(c1cccc(CC(=O)c2ccccn2)c1)c1ccc2c(c1)CN=C2/C=C/c1ccccn1. The molecule has 2 aromatic heterocycles. The lowest BCUT2D eigenvalue weighted by Crippen LogP contribution is -2.07. The number of aliphatic imine (C=N–C) groups is 1. The van der Waals surface area contributed by atoms with Gasteiger partial charge in [0.15, 0.2) is 11.6 Å². The predicted octanol–water partition coefficient (Wildman–Crippen LogP) is 5.15. The second-order valence-corrected chi connectivity index (χ2v) is 8.01. The van der Waals surface area contributed by atoms with Crippen molar-refractivity contribution in [3.8, 4) is 0 Å². The molecule has 0 saturated carbocycles. The molecule has 0 unspecified atom stereocenters. The average Bonchev–Trinajstić information content (AvgIpc) is 3.30. The Balaban J connectivity index is 1.32. The number of carbonyl (C=O) groups is 2. The summed E-state index contributed by atoms with van der Waals surface area (Å²) in [6.07, 6.45) is 7.44. The minimum atomic E-state index is -0.0776. The van der Waals surface area contributed by atoms with Crippen molar-refractivity contribution in [2.24, 2.45) is 4.99 Å². The van der Waals surface area contributed by atoms with Gasteiger partial charge in [-0.05, 0) is 59.7 Å². The first-order valence-electron chi connectivity index (χ1n) is 11.0. The number of Topliss-reactive ketones (excluding diaryl/α,β-unsaturated/α-hetero) is 1. The number of benzene rings is 2. The third-order valence-corrected chi connectivity index (χ3v) is 5.67. The van der Waals surface area contributed by atoms with Gasteiger partial charge in [0.05, 0.1) is 18.0 Å². The molecule has 1 aliphatic heterocycles. The lowest BCUT2D eigenvalue weighted by molar-refractivity contribution is 0.0985. The van der Waals surface area contributed by atoms with Gasteiger partial charge in [0, 0.05) is 35.5 Å². The molecule has 1 aliphatic rings. The Bertz CT molecular complexity index is 1420. The van der Waals surface area contributed by atoms with Gasteiger partial charge in [0.2, 0.25) is 0 Å². The van der Waals surface area contributed by atoms with Crippen LogP contribution in [0, 0.1) is 0 Å². The highest BCUT2D eigenvalue weighted by Crippen LogP contribution is 2.23. The van der Waals surface area contributed by atoms with Crippen LogP contribution >= 0.6 is 0 Å². The molecule has 0 N–H and O–H groups in total. The average molecular weight is 444 g/mol. The fraction of sp³-hybridized carbons (Fsp3) is 0.0690. The molecule has 0 saturated heterocycles. The van der Waals surface area contributed by atoms with Crippen molar-refractivity contribution in [2.45, 2.75) is 13.0 Å². The third kappa shape index (κ3) is 4.64. The summed E-state index contributed by atoms with van der Waals surface area (Å²) in [5.74, 6) is -0.154. The Hall–Kier alpha value is -4.51. The van der Waals surface area contributed by atoms with Crippen molar-refractivity contribution in [3.63, 3.8) is 0 Å². The first-order valence-corrected chi connectivity index (χ1v) is 11.0. The number of allylic oxidation sites excluding steroid dienone is 1.